The maximum atomic E-state index is 10.8. The van der Waals surface area contributed by atoms with Crippen molar-refractivity contribution < 1.29 is 5.11 Å². The van der Waals surface area contributed by atoms with Crippen LogP contribution in [0.15, 0.2) is 12.4 Å². The van der Waals surface area contributed by atoms with E-state index in [1.807, 2.05) is 17.1 Å². The van der Waals surface area contributed by atoms with Gasteiger partial charge in [0.25, 0.3) is 0 Å². The van der Waals surface area contributed by atoms with Crippen molar-refractivity contribution in [3.05, 3.63) is 18.0 Å². The SMILES string of the molecule is CCC1CNCCC1(O)c1cnn(CC)c1. The largest absolute Gasteiger partial charge is 0.385 e. The summed E-state index contributed by atoms with van der Waals surface area (Å²) in [4.78, 5) is 0. The number of nitrogens with one attached hydrogen (secondary N) is 1. The molecule has 4 heteroatoms. The second kappa shape index (κ2) is 4.55. The van der Waals surface area contributed by atoms with E-state index in [2.05, 4.69) is 24.3 Å². The van der Waals surface area contributed by atoms with Crippen LogP contribution in [0.3, 0.4) is 0 Å². The minimum atomic E-state index is -0.687. The predicted octanol–water partition coefficient (Wildman–Crippen LogP) is 1.11. The zero-order chi connectivity index (χ0) is 11.6. The number of nitrogens with zero attached hydrogens (tertiary/aromatic N) is 2. The average Bonchev–Trinajstić information content (AvgIpc) is 2.78. The topological polar surface area (TPSA) is 50.1 Å². The molecule has 0 spiro atoms. The second-order valence-electron chi connectivity index (χ2n) is 4.57. The summed E-state index contributed by atoms with van der Waals surface area (Å²) < 4.78 is 1.88. The summed E-state index contributed by atoms with van der Waals surface area (Å²) in [5, 5.41) is 18.4. The molecule has 0 bridgehead atoms. The molecule has 90 valence electrons. The predicted molar refractivity (Wildman–Crippen MR) is 63.1 cm³/mol. The van der Waals surface area contributed by atoms with Gasteiger partial charge >= 0.3 is 0 Å². The van der Waals surface area contributed by atoms with Gasteiger partial charge in [-0.05, 0) is 26.3 Å². The van der Waals surface area contributed by atoms with E-state index >= 15 is 0 Å². The van der Waals surface area contributed by atoms with Crippen LogP contribution in [0.25, 0.3) is 0 Å². The van der Waals surface area contributed by atoms with Crippen LogP contribution in [0, 0.1) is 5.92 Å². The highest BCUT2D eigenvalue weighted by molar-refractivity contribution is 5.18. The van der Waals surface area contributed by atoms with Crippen LogP contribution in [-0.4, -0.2) is 28.0 Å². The highest BCUT2D eigenvalue weighted by Gasteiger charge is 2.40. The Labute approximate surface area is 96.7 Å². The third-order valence-electron chi connectivity index (χ3n) is 3.70. The molecule has 1 aliphatic rings. The Morgan fingerprint density at radius 2 is 2.44 bits per heavy atom. The first kappa shape index (κ1) is 11.6. The van der Waals surface area contributed by atoms with Crippen molar-refractivity contribution >= 4 is 0 Å². The lowest BCUT2D eigenvalue weighted by Gasteiger charge is -2.39. The van der Waals surface area contributed by atoms with Gasteiger partial charge in [-0.2, -0.15) is 5.10 Å². The van der Waals surface area contributed by atoms with E-state index in [1.54, 1.807) is 0 Å². The Hall–Kier alpha value is -0.870. The maximum absolute atomic E-state index is 10.8. The Morgan fingerprint density at radius 3 is 3.06 bits per heavy atom. The molecule has 2 atom stereocenters. The Morgan fingerprint density at radius 1 is 1.62 bits per heavy atom. The Bertz CT molecular complexity index is 350. The number of hydrogen-bond acceptors (Lipinski definition) is 3. The van der Waals surface area contributed by atoms with Crippen LogP contribution in [0.4, 0.5) is 0 Å². The van der Waals surface area contributed by atoms with Gasteiger partial charge in [0, 0.05) is 30.8 Å². The molecule has 1 aromatic rings. The number of rotatable bonds is 3. The van der Waals surface area contributed by atoms with Crippen molar-refractivity contribution in [1.29, 1.82) is 0 Å². The highest BCUT2D eigenvalue weighted by Crippen LogP contribution is 2.36. The molecule has 2 rings (SSSR count). The molecule has 0 amide bonds. The summed E-state index contributed by atoms with van der Waals surface area (Å²) in [6.07, 6.45) is 5.56. The van der Waals surface area contributed by atoms with Crippen LogP contribution in [0.1, 0.15) is 32.3 Å². The van der Waals surface area contributed by atoms with Gasteiger partial charge in [-0.15, -0.1) is 0 Å². The summed E-state index contributed by atoms with van der Waals surface area (Å²) in [6, 6.07) is 0. The standard InChI is InChI=1S/C12H21N3O/c1-3-10-7-13-6-5-12(10,16)11-8-14-15(4-2)9-11/h8-10,13,16H,3-7H2,1-2H3. The molecule has 16 heavy (non-hydrogen) atoms. The van der Waals surface area contributed by atoms with E-state index in [-0.39, 0.29) is 5.92 Å². The van der Waals surface area contributed by atoms with E-state index in [0.29, 0.717) is 0 Å². The van der Waals surface area contributed by atoms with Gasteiger partial charge in [-0.1, -0.05) is 6.92 Å². The van der Waals surface area contributed by atoms with Gasteiger partial charge in [-0.3, -0.25) is 4.68 Å². The molecule has 4 nitrogen and oxygen atoms in total. The van der Waals surface area contributed by atoms with Gasteiger partial charge in [-0.25, -0.2) is 0 Å². The number of aryl methyl sites for hydroxylation is 1. The van der Waals surface area contributed by atoms with Gasteiger partial charge in [0.15, 0.2) is 0 Å². The Kier molecular flexibility index (Phi) is 3.30. The average molecular weight is 223 g/mol. The van der Waals surface area contributed by atoms with E-state index in [1.165, 1.54) is 0 Å². The smallest absolute Gasteiger partial charge is 0.0978 e. The zero-order valence-corrected chi connectivity index (χ0v) is 10.1. The lowest BCUT2D eigenvalue weighted by atomic mass is 9.76. The number of aliphatic hydroxyl groups is 1. The van der Waals surface area contributed by atoms with Crippen LogP contribution < -0.4 is 5.32 Å². The normalized spacial score (nSPS) is 30.6. The monoisotopic (exact) mass is 223 g/mol. The number of hydrogen-bond donors (Lipinski definition) is 2. The lowest BCUT2D eigenvalue weighted by molar-refractivity contribution is -0.0479. The molecule has 0 aromatic carbocycles. The minimum absolute atomic E-state index is 0.288. The molecule has 0 saturated carbocycles. The van der Waals surface area contributed by atoms with Crippen LogP contribution in [0.2, 0.25) is 0 Å². The first-order valence-corrected chi connectivity index (χ1v) is 6.16. The molecule has 0 aliphatic carbocycles. The van der Waals surface area contributed by atoms with Crippen molar-refractivity contribution in [3.63, 3.8) is 0 Å². The van der Waals surface area contributed by atoms with Gasteiger partial charge in [0.2, 0.25) is 0 Å². The summed E-state index contributed by atoms with van der Waals surface area (Å²) in [7, 11) is 0. The van der Waals surface area contributed by atoms with Crippen molar-refractivity contribution in [1.82, 2.24) is 15.1 Å². The third kappa shape index (κ3) is 1.87. The molecular formula is C12H21N3O. The number of piperidine rings is 1. The molecule has 1 aliphatic heterocycles. The molecule has 2 N–H and O–H groups in total. The summed E-state index contributed by atoms with van der Waals surface area (Å²) in [6.45, 7) is 6.81. The summed E-state index contributed by atoms with van der Waals surface area (Å²) in [5.41, 5.74) is 0.288. The molecule has 1 saturated heterocycles. The lowest BCUT2D eigenvalue weighted by Crippen LogP contribution is -2.47. The fourth-order valence-electron chi connectivity index (χ4n) is 2.55. The zero-order valence-electron chi connectivity index (χ0n) is 10.1. The van der Waals surface area contributed by atoms with Crippen molar-refractivity contribution in [2.45, 2.75) is 38.8 Å². The van der Waals surface area contributed by atoms with Gasteiger partial charge in [0.05, 0.1) is 11.8 Å². The molecule has 2 heterocycles. The van der Waals surface area contributed by atoms with Gasteiger partial charge in [0.1, 0.15) is 0 Å². The molecule has 2 unspecified atom stereocenters. The second-order valence-corrected chi connectivity index (χ2v) is 4.57. The quantitative estimate of drug-likeness (QED) is 0.807. The van der Waals surface area contributed by atoms with Crippen LogP contribution >= 0.6 is 0 Å². The molecular weight excluding hydrogens is 202 g/mol. The fraction of sp³-hybridized carbons (Fsp3) is 0.750. The third-order valence-corrected chi connectivity index (χ3v) is 3.70. The summed E-state index contributed by atoms with van der Waals surface area (Å²) >= 11 is 0. The first-order chi connectivity index (χ1) is 7.70. The van der Waals surface area contributed by atoms with E-state index in [4.69, 9.17) is 0 Å². The molecule has 0 radical (unpaired) electrons. The van der Waals surface area contributed by atoms with Crippen LogP contribution in [-0.2, 0) is 12.1 Å². The van der Waals surface area contributed by atoms with Crippen molar-refractivity contribution in [2.75, 3.05) is 13.1 Å². The fourth-order valence-corrected chi connectivity index (χ4v) is 2.55. The molecule has 1 aromatic heterocycles. The van der Waals surface area contributed by atoms with E-state index in [0.717, 1.165) is 38.0 Å². The highest BCUT2D eigenvalue weighted by atomic mass is 16.3. The van der Waals surface area contributed by atoms with Crippen LogP contribution in [0.5, 0.6) is 0 Å². The Balaban J connectivity index is 2.27. The van der Waals surface area contributed by atoms with E-state index in [9.17, 15) is 5.11 Å². The van der Waals surface area contributed by atoms with Gasteiger partial charge < -0.3 is 10.4 Å². The number of aromatic nitrogens is 2. The van der Waals surface area contributed by atoms with Crippen molar-refractivity contribution in [2.24, 2.45) is 5.92 Å². The molecule has 1 fully saturated rings. The van der Waals surface area contributed by atoms with E-state index < -0.39 is 5.60 Å². The minimum Gasteiger partial charge on any atom is -0.385 e. The summed E-state index contributed by atoms with van der Waals surface area (Å²) in [5.74, 6) is 0.288. The first-order valence-electron chi connectivity index (χ1n) is 6.16. The van der Waals surface area contributed by atoms with Crippen molar-refractivity contribution in [3.8, 4) is 0 Å². The maximum Gasteiger partial charge on any atom is 0.0978 e.